The third-order valence-corrected chi connectivity index (χ3v) is 1.57. The van der Waals surface area contributed by atoms with Gasteiger partial charge in [-0.15, -0.1) is 0 Å². The van der Waals surface area contributed by atoms with E-state index < -0.39 is 24.4 Å². The maximum atomic E-state index is 10.5. The lowest BCUT2D eigenvalue weighted by atomic mass is 10.1. The van der Waals surface area contributed by atoms with Gasteiger partial charge in [-0.2, -0.15) is 0 Å². The SMILES string of the molecule is C[N+](C)(C)C(CC(=O)[O-])C(=O)[O-]. The van der Waals surface area contributed by atoms with E-state index in [9.17, 15) is 19.8 Å². The standard InChI is InChI=1S/C7H13NO4/c1-8(2,3)5(7(11)12)4-6(9)10/h5H,4H2,1-3H3,(H-,9,10,11,12)/p-1. The molecule has 0 fully saturated rings. The summed E-state index contributed by atoms with van der Waals surface area (Å²) in [7, 11) is 4.76. The number of likely N-dealkylation sites (N-methyl/N-ethyl adjacent to an activating group) is 1. The van der Waals surface area contributed by atoms with E-state index in [1.807, 2.05) is 0 Å². The summed E-state index contributed by atoms with van der Waals surface area (Å²) >= 11 is 0. The lowest BCUT2D eigenvalue weighted by Crippen LogP contribution is -2.56. The smallest absolute Gasteiger partial charge is 0.134 e. The number of carbonyl (C=O) groups excluding carboxylic acids is 2. The van der Waals surface area contributed by atoms with E-state index in [1.165, 1.54) is 0 Å². The van der Waals surface area contributed by atoms with Gasteiger partial charge in [-0.1, -0.05) is 0 Å². The van der Waals surface area contributed by atoms with E-state index in [2.05, 4.69) is 0 Å². The summed E-state index contributed by atoms with van der Waals surface area (Å²) in [5.41, 5.74) is 0. The molecule has 5 heteroatoms. The van der Waals surface area contributed by atoms with Gasteiger partial charge in [-0.05, 0) is 0 Å². The van der Waals surface area contributed by atoms with Crippen LogP contribution in [0.25, 0.3) is 0 Å². The second-order valence-corrected chi connectivity index (χ2v) is 3.53. The summed E-state index contributed by atoms with van der Waals surface area (Å²) < 4.78 is 0.0102. The molecule has 0 amide bonds. The Morgan fingerprint density at radius 1 is 1.25 bits per heavy atom. The topological polar surface area (TPSA) is 80.3 Å². The van der Waals surface area contributed by atoms with Crippen LogP contribution < -0.4 is 10.2 Å². The second kappa shape index (κ2) is 3.53. The number of carbonyl (C=O) groups is 2. The van der Waals surface area contributed by atoms with Crippen LogP contribution in [0.1, 0.15) is 6.42 Å². The van der Waals surface area contributed by atoms with Gasteiger partial charge in [0.25, 0.3) is 0 Å². The second-order valence-electron chi connectivity index (χ2n) is 3.53. The molecule has 0 bridgehead atoms. The van der Waals surface area contributed by atoms with Crippen LogP contribution in [0.2, 0.25) is 0 Å². The largest absolute Gasteiger partial charge is 0.550 e. The molecule has 0 saturated carbocycles. The predicted octanol–water partition coefficient (Wildman–Crippen LogP) is -3.05. The van der Waals surface area contributed by atoms with Gasteiger partial charge >= 0.3 is 0 Å². The molecule has 0 aliphatic carbocycles. The lowest BCUT2D eigenvalue weighted by molar-refractivity contribution is -0.889. The number of rotatable bonds is 4. The summed E-state index contributed by atoms with van der Waals surface area (Å²) in [6.45, 7) is 0. The van der Waals surface area contributed by atoms with Gasteiger partial charge in [0.15, 0.2) is 0 Å². The van der Waals surface area contributed by atoms with Crippen molar-refractivity contribution in [2.75, 3.05) is 21.1 Å². The van der Waals surface area contributed by atoms with E-state index in [-0.39, 0.29) is 4.48 Å². The lowest BCUT2D eigenvalue weighted by Gasteiger charge is -2.34. The molecule has 1 unspecified atom stereocenters. The summed E-state index contributed by atoms with van der Waals surface area (Å²) in [6.07, 6.45) is -0.522. The van der Waals surface area contributed by atoms with E-state index in [1.54, 1.807) is 21.1 Å². The van der Waals surface area contributed by atoms with Gasteiger partial charge in [-0.3, -0.25) is 0 Å². The van der Waals surface area contributed by atoms with E-state index >= 15 is 0 Å². The van der Waals surface area contributed by atoms with Crippen LogP contribution in [-0.4, -0.2) is 43.6 Å². The monoisotopic (exact) mass is 174 g/mol. The van der Waals surface area contributed by atoms with Crippen LogP contribution in [-0.2, 0) is 9.59 Å². The molecule has 5 nitrogen and oxygen atoms in total. The molecule has 0 aromatic rings. The van der Waals surface area contributed by atoms with Gasteiger partial charge in [0, 0.05) is 12.4 Å². The summed E-state index contributed by atoms with van der Waals surface area (Å²) in [5, 5.41) is 20.6. The zero-order chi connectivity index (χ0) is 9.94. The quantitative estimate of drug-likeness (QED) is 0.424. The minimum absolute atomic E-state index is 0.0102. The summed E-state index contributed by atoms with van der Waals surface area (Å²) in [5.74, 6) is -2.75. The first-order valence-electron chi connectivity index (χ1n) is 3.47. The van der Waals surface area contributed by atoms with Gasteiger partial charge in [0.2, 0.25) is 0 Å². The number of carboxylic acid groups (broad SMARTS) is 2. The van der Waals surface area contributed by atoms with E-state index in [4.69, 9.17) is 0 Å². The Bertz CT molecular complexity index is 194. The number of hydrogen-bond donors (Lipinski definition) is 0. The van der Waals surface area contributed by atoms with Crippen molar-refractivity contribution in [3.8, 4) is 0 Å². The van der Waals surface area contributed by atoms with Crippen molar-refractivity contribution in [3.05, 3.63) is 0 Å². The van der Waals surface area contributed by atoms with Crippen molar-refractivity contribution in [1.29, 1.82) is 0 Å². The highest BCUT2D eigenvalue weighted by Gasteiger charge is 2.24. The first kappa shape index (κ1) is 10.9. The van der Waals surface area contributed by atoms with Gasteiger partial charge < -0.3 is 24.3 Å². The highest BCUT2D eigenvalue weighted by atomic mass is 16.4. The Balaban J connectivity index is 4.46. The molecule has 0 heterocycles. The molecule has 70 valence electrons. The number of nitrogens with zero attached hydrogens (tertiary/aromatic N) is 1. The third kappa shape index (κ3) is 3.34. The predicted molar refractivity (Wildman–Crippen MR) is 36.5 cm³/mol. The van der Waals surface area contributed by atoms with Crippen molar-refractivity contribution in [1.82, 2.24) is 0 Å². The molecule has 0 saturated heterocycles. The third-order valence-electron chi connectivity index (χ3n) is 1.57. The van der Waals surface area contributed by atoms with Gasteiger partial charge in [-0.25, -0.2) is 0 Å². The number of aliphatic carboxylic acids is 2. The van der Waals surface area contributed by atoms with Gasteiger partial charge in [0.1, 0.15) is 6.04 Å². The van der Waals surface area contributed by atoms with Crippen molar-refractivity contribution in [2.45, 2.75) is 12.5 Å². The maximum Gasteiger partial charge on any atom is 0.134 e. The Labute approximate surface area is 70.8 Å². The van der Waals surface area contributed by atoms with Crippen LogP contribution in [0.3, 0.4) is 0 Å². The number of quaternary nitrogens is 1. The number of hydrogen-bond acceptors (Lipinski definition) is 4. The first-order chi connectivity index (χ1) is 5.25. The first-order valence-corrected chi connectivity index (χ1v) is 3.47. The van der Waals surface area contributed by atoms with Crippen molar-refractivity contribution in [3.63, 3.8) is 0 Å². The van der Waals surface area contributed by atoms with Crippen LogP contribution in [0.5, 0.6) is 0 Å². The fraction of sp³-hybridized carbons (Fsp3) is 0.714. The van der Waals surface area contributed by atoms with E-state index in [0.717, 1.165) is 0 Å². The Morgan fingerprint density at radius 2 is 1.67 bits per heavy atom. The molecular weight excluding hydrogens is 162 g/mol. The van der Waals surface area contributed by atoms with Crippen molar-refractivity contribution < 1.29 is 24.3 Å². The molecule has 0 radical (unpaired) electrons. The molecular formula is C7H12NO4-. The zero-order valence-electron chi connectivity index (χ0n) is 7.36. The average Bonchev–Trinajstić information content (AvgIpc) is 1.79. The van der Waals surface area contributed by atoms with Crippen LogP contribution in [0, 0.1) is 0 Å². The molecule has 0 aromatic carbocycles. The van der Waals surface area contributed by atoms with Gasteiger partial charge in [0.05, 0.1) is 27.1 Å². The molecule has 0 spiro atoms. The van der Waals surface area contributed by atoms with Crippen LogP contribution in [0.15, 0.2) is 0 Å². The molecule has 1 atom stereocenters. The normalized spacial score (nSPS) is 13.9. The Kier molecular flexibility index (Phi) is 3.21. The van der Waals surface area contributed by atoms with Crippen LogP contribution >= 0.6 is 0 Å². The van der Waals surface area contributed by atoms with Crippen LogP contribution in [0.4, 0.5) is 0 Å². The van der Waals surface area contributed by atoms with E-state index in [0.29, 0.717) is 0 Å². The maximum absolute atomic E-state index is 10.5. The summed E-state index contributed by atoms with van der Waals surface area (Å²) in [6, 6.07) is -1.06. The summed E-state index contributed by atoms with van der Waals surface area (Å²) in [4.78, 5) is 20.6. The molecule has 0 aliphatic rings. The molecule has 0 N–H and O–H groups in total. The molecule has 0 aromatic heterocycles. The average molecular weight is 174 g/mol. The minimum atomic E-state index is -1.38. The van der Waals surface area contributed by atoms with Crippen molar-refractivity contribution in [2.24, 2.45) is 0 Å². The molecule has 12 heavy (non-hydrogen) atoms. The fourth-order valence-electron chi connectivity index (χ4n) is 0.831. The molecule has 0 aliphatic heterocycles. The fourth-order valence-corrected chi connectivity index (χ4v) is 0.831. The zero-order valence-corrected chi connectivity index (χ0v) is 7.36. The highest BCUT2D eigenvalue weighted by molar-refractivity contribution is 5.77. The number of carboxylic acids is 2. The Morgan fingerprint density at radius 3 is 1.75 bits per heavy atom. The Hall–Kier alpha value is -1.10. The minimum Gasteiger partial charge on any atom is -0.550 e. The van der Waals surface area contributed by atoms with Crippen molar-refractivity contribution >= 4 is 11.9 Å². The molecule has 0 rings (SSSR count). The highest BCUT2D eigenvalue weighted by Crippen LogP contribution is 2.05.